The van der Waals surface area contributed by atoms with Crippen LogP contribution < -0.4 is 15.5 Å². The SMILES string of the molecule is CCN(CC)CCCN1C(=O)CCc2cc(N)ccc21.O=C1CCc2cc([N+](=O)[O-])ccc2N1CCCCl. The third-order valence-corrected chi connectivity index (χ3v) is 7.31. The Balaban J connectivity index is 0.000000212. The second kappa shape index (κ2) is 14.1. The number of benzene rings is 2. The van der Waals surface area contributed by atoms with Gasteiger partial charge < -0.3 is 20.4 Å². The molecule has 10 heteroatoms. The Hall–Kier alpha value is -3.17. The first kappa shape index (κ1) is 29.4. The number of nitrogens with two attached hydrogens (primary N) is 1. The van der Waals surface area contributed by atoms with E-state index in [4.69, 9.17) is 17.3 Å². The number of alkyl halides is 1. The van der Waals surface area contributed by atoms with Crippen LogP contribution in [0, 0.1) is 10.1 Å². The summed E-state index contributed by atoms with van der Waals surface area (Å²) in [7, 11) is 0. The van der Waals surface area contributed by atoms with Gasteiger partial charge in [0.15, 0.2) is 0 Å². The number of nitrogen functional groups attached to an aromatic ring is 1. The van der Waals surface area contributed by atoms with E-state index in [1.807, 2.05) is 23.1 Å². The van der Waals surface area contributed by atoms with Crippen LogP contribution in [0.25, 0.3) is 0 Å². The van der Waals surface area contributed by atoms with Crippen molar-refractivity contribution in [1.29, 1.82) is 0 Å². The van der Waals surface area contributed by atoms with Crippen LogP contribution in [0.2, 0.25) is 0 Å². The number of carbonyl (C=O) groups excluding carboxylic acids is 2. The van der Waals surface area contributed by atoms with Crippen molar-refractivity contribution >= 4 is 46.2 Å². The summed E-state index contributed by atoms with van der Waals surface area (Å²) in [6.45, 7) is 8.89. The van der Waals surface area contributed by atoms with Gasteiger partial charge in [-0.2, -0.15) is 0 Å². The first-order valence-corrected chi connectivity index (χ1v) is 13.9. The topological polar surface area (TPSA) is 113 Å². The molecule has 2 aromatic rings. The van der Waals surface area contributed by atoms with Crippen molar-refractivity contribution in [3.8, 4) is 0 Å². The standard InChI is InChI=1S/C16H25N3O.C12H13ClN2O3/c1-3-18(4-2)10-5-11-19-15-8-7-14(17)12-13(15)6-9-16(19)20;13-6-1-7-14-11-4-3-10(15(17)18)8-9(11)2-5-12(14)16/h7-8,12H,3-6,9-11,17H2,1-2H3;3-4,8H,1-2,5-7H2. The highest BCUT2D eigenvalue weighted by atomic mass is 35.5. The zero-order valence-electron chi connectivity index (χ0n) is 22.3. The van der Waals surface area contributed by atoms with E-state index in [0.29, 0.717) is 38.1 Å². The van der Waals surface area contributed by atoms with E-state index in [1.54, 1.807) is 17.0 Å². The van der Waals surface area contributed by atoms with Crippen molar-refractivity contribution in [2.24, 2.45) is 0 Å². The van der Waals surface area contributed by atoms with Crippen LogP contribution in [0.15, 0.2) is 36.4 Å². The molecule has 0 atom stereocenters. The summed E-state index contributed by atoms with van der Waals surface area (Å²) in [6, 6.07) is 10.5. The molecule has 2 N–H and O–H groups in total. The third-order valence-electron chi connectivity index (χ3n) is 7.04. The van der Waals surface area contributed by atoms with Crippen LogP contribution in [-0.4, -0.2) is 60.2 Å². The van der Waals surface area contributed by atoms with Crippen molar-refractivity contribution in [2.45, 2.75) is 52.4 Å². The predicted octanol–water partition coefficient (Wildman–Crippen LogP) is 4.78. The molecule has 0 aromatic heterocycles. The first-order valence-electron chi connectivity index (χ1n) is 13.3. The van der Waals surface area contributed by atoms with Gasteiger partial charge >= 0.3 is 0 Å². The Bertz CT molecular complexity index is 1140. The van der Waals surface area contributed by atoms with Gasteiger partial charge in [0, 0.05) is 61.0 Å². The van der Waals surface area contributed by atoms with Crippen LogP contribution in [0.3, 0.4) is 0 Å². The molecule has 0 unspecified atom stereocenters. The maximum absolute atomic E-state index is 12.1. The maximum Gasteiger partial charge on any atom is 0.269 e. The van der Waals surface area contributed by atoms with E-state index in [2.05, 4.69) is 18.7 Å². The summed E-state index contributed by atoms with van der Waals surface area (Å²) in [5.41, 5.74) is 10.6. The van der Waals surface area contributed by atoms with Crippen LogP contribution in [0.4, 0.5) is 22.7 Å². The highest BCUT2D eigenvalue weighted by molar-refractivity contribution is 6.17. The number of non-ortho nitro benzene ring substituents is 1. The van der Waals surface area contributed by atoms with Gasteiger partial charge in [0.25, 0.3) is 5.69 Å². The van der Waals surface area contributed by atoms with E-state index in [1.165, 1.54) is 11.6 Å². The second-order valence-electron chi connectivity index (χ2n) is 9.47. The molecule has 38 heavy (non-hydrogen) atoms. The van der Waals surface area contributed by atoms with Gasteiger partial charge in [-0.25, -0.2) is 0 Å². The summed E-state index contributed by atoms with van der Waals surface area (Å²) >= 11 is 5.64. The average molecular weight is 544 g/mol. The molecule has 2 heterocycles. The fourth-order valence-corrected chi connectivity index (χ4v) is 5.06. The van der Waals surface area contributed by atoms with Gasteiger partial charge in [0.05, 0.1) is 4.92 Å². The van der Waals surface area contributed by atoms with Gasteiger partial charge in [0.2, 0.25) is 11.8 Å². The molecular weight excluding hydrogens is 506 g/mol. The maximum atomic E-state index is 12.1. The lowest BCUT2D eigenvalue weighted by Crippen LogP contribution is -2.37. The number of anilines is 3. The predicted molar refractivity (Wildman–Crippen MR) is 153 cm³/mol. The molecule has 0 saturated heterocycles. The largest absolute Gasteiger partial charge is 0.399 e. The number of hydrogen-bond acceptors (Lipinski definition) is 6. The highest BCUT2D eigenvalue weighted by Gasteiger charge is 2.25. The Labute approximate surface area is 229 Å². The van der Waals surface area contributed by atoms with E-state index < -0.39 is 4.92 Å². The van der Waals surface area contributed by atoms with Crippen molar-refractivity contribution in [3.05, 3.63) is 57.6 Å². The van der Waals surface area contributed by atoms with Crippen molar-refractivity contribution in [2.75, 3.05) is 54.1 Å². The number of hydrogen-bond donors (Lipinski definition) is 1. The number of aryl methyl sites for hydroxylation is 2. The zero-order chi connectivity index (χ0) is 27.7. The molecular formula is C28H38ClN5O4. The van der Waals surface area contributed by atoms with Gasteiger partial charge in [-0.05, 0) is 80.7 Å². The summed E-state index contributed by atoms with van der Waals surface area (Å²) in [6.07, 6.45) is 4.10. The van der Waals surface area contributed by atoms with Crippen LogP contribution in [0.1, 0.15) is 50.7 Å². The molecule has 2 aliphatic heterocycles. The second-order valence-corrected chi connectivity index (χ2v) is 9.85. The van der Waals surface area contributed by atoms with Gasteiger partial charge in [-0.1, -0.05) is 13.8 Å². The minimum Gasteiger partial charge on any atom is -0.399 e. The number of halogens is 1. The van der Waals surface area contributed by atoms with Gasteiger partial charge in [-0.3, -0.25) is 19.7 Å². The van der Waals surface area contributed by atoms with Crippen LogP contribution in [0.5, 0.6) is 0 Å². The van der Waals surface area contributed by atoms with Crippen LogP contribution >= 0.6 is 11.6 Å². The van der Waals surface area contributed by atoms with E-state index >= 15 is 0 Å². The molecule has 0 aliphatic carbocycles. The summed E-state index contributed by atoms with van der Waals surface area (Å²) in [4.78, 5) is 40.3. The highest BCUT2D eigenvalue weighted by Crippen LogP contribution is 2.31. The lowest BCUT2D eigenvalue weighted by atomic mass is 10.0. The molecule has 0 bridgehead atoms. The number of nitro groups is 1. The smallest absolute Gasteiger partial charge is 0.269 e. The minimum absolute atomic E-state index is 0.0569. The molecule has 2 aliphatic rings. The van der Waals surface area contributed by atoms with Crippen molar-refractivity contribution in [3.63, 3.8) is 0 Å². The molecule has 0 fully saturated rings. The molecule has 9 nitrogen and oxygen atoms in total. The summed E-state index contributed by atoms with van der Waals surface area (Å²) in [5, 5.41) is 10.7. The molecule has 206 valence electrons. The molecule has 0 radical (unpaired) electrons. The van der Waals surface area contributed by atoms with E-state index in [-0.39, 0.29) is 17.5 Å². The summed E-state index contributed by atoms with van der Waals surface area (Å²) in [5.74, 6) is 0.787. The number of amides is 2. The minimum atomic E-state index is -0.417. The lowest BCUT2D eigenvalue weighted by Gasteiger charge is -2.30. The lowest BCUT2D eigenvalue weighted by molar-refractivity contribution is -0.384. The molecule has 2 amide bonds. The van der Waals surface area contributed by atoms with Crippen molar-refractivity contribution in [1.82, 2.24) is 4.90 Å². The number of rotatable bonds is 10. The van der Waals surface area contributed by atoms with Gasteiger partial charge in [0.1, 0.15) is 0 Å². The van der Waals surface area contributed by atoms with Crippen LogP contribution in [-0.2, 0) is 22.4 Å². The number of fused-ring (bicyclic) bond motifs is 2. The zero-order valence-corrected chi connectivity index (χ0v) is 23.1. The molecule has 2 aromatic carbocycles. The molecule has 4 rings (SSSR count). The number of nitro benzene ring substituents is 1. The van der Waals surface area contributed by atoms with E-state index in [0.717, 1.165) is 61.6 Å². The Morgan fingerprint density at radius 1 is 0.895 bits per heavy atom. The summed E-state index contributed by atoms with van der Waals surface area (Å²) < 4.78 is 0. The normalized spacial score (nSPS) is 14.6. The molecule has 0 spiro atoms. The third kappa shape index (κ3) is 7.45. The number of carbonyl (C=O) groups is 2. The van der Waals surface area contributed by atoms with E-state index in [9.17, 15) is 19.7 Å². The Morgan fingerprint density at radius 2 is 1.45 bits per heavy atom. The van der Waals surface area contributed by atoms with Crippen molar-refractivity contribution < 1.29 is 14.5 Å². The Kier molecular flexibility index (Phi) is 10.9. The average Bonchev–Trinajstić information content (AvgIpc) is 2.91. The number of nitrogens with zero attached hydrogens (tertiary/aromatic N) is 4. The molecule has 0 saturated carbocycles. The fourth-order valence-electron chi connectivity index (χ4n) is 4.94. The quantitative estimate of drug-likeness (QED) is 0.200. The van der Waals surface area contributed by atoms with Gasteiger partial charge in [-0.15, -0.1) is 11.6 Å². The fraction of sp³-hybridized carbons (Fsp3) is 0.500. The monoisotopic (exact) mass is 543 g/mol. The Morgan fingerprint density at radius 3 is 2.00 bits per heavy atom. The first-order chi connectivity index (χ1) is 18.3.